The van der Waals surface area contributed by atoms with Crippen LogP contribution >= 0.6 is 0 Å². The van der Waals surface area contributed by atoms with Gasteiger partial charge in [-0.1, -0.05) is 17.9 Å². The number of carbonyl (C=O) groups excluding carboxylic acids is 2. The number of likely N-dealkylation sites (tertiary alicyclic amines) is 1. The zero-order valence-corrected chi connectivity index (χ0v) is 11.5. The number of rotatable bonds is 4. The molecule has 1 saturated heterocycles. The third-order valence-electron chi connectivity index (χ3n) is 3.71. The van der Waals surface area contributed by atoms with Crippen molar-refractivity contribution in [2.24, 2.45) is 17.6 Å². The molecule has 2 N–H and O–H groups in total. The average Bonchev–Trinajstić information content (AvgIpc) is 3.25. The average molecular weight is 284 g/mol. The van der Waals surface area contributed by atoms with E-state index in [4.69, 9.17) is 10.5 Å². The standard InChI is InChI=1S/C16H16N2O3/c17-6-2-4-11-3-1-5-12(9-11)21-8-7-18-15(19)13-10-14(13)16(18)20/h1,3,5,9,13-14H,6-8,10,17H2. The molecule has 0 aromatic heterocycles. The Morgan fingerprint density at radius 2 is 2.05 bits per heavy atom. The summed E-state index contributed by atoms with van der Waals surface area (Å²) in [5.41, 5.74) is 6.16. The number of hydrogen-bond acceptors (Lipinski definition) is 4. The van der Waals surface area contributed by atoms with Gasteiger partial charge in [-0.05, 0) is 24.6 Å². The van der Waals surface area contributed by atoms with E-state index in [2.05, 4.69) is 11.8 Å². The van der Waals surface area contributed by atoms with Crippen LogP contribution in [0.2, 0.25) is 0 Å². The summed E-state index contributed by atoms with van der Waals surface area (Å²) in [6.45, 7) is 0.917. The van der Waals surface area contributed by atoms with Gasteiger partial charge < -0.3 is 10.5 Å². The van der Waals surface area contributed by atoms with Crippen molar-refractivity contribution in [2.75, 3.05) is 19.7 Å². The Labute approximate surface area is 123 Å². The van der Waals surface area contributed by atoms with Gasteiger partial charge in [-0.2, -0.15) is 0 Å². The first kappa shape index (κ1) is 13.7. The van der Waals surface area contributed by atoms with Crippen molar-refractivity contribution in [3.05, 3.63) is 29.8 Å². The van der Waals surface area contributed by atoms with Crippen molar-refractivity contribution in [2.45, 2.75) is 6.42 Å². The van der Waals surface area contributed by atoms with E-state index in [0.29, 0.717) is 25.4 Å². The second kappa shape index (κ2) is 5.58. The zero-order valence-electron chi connectivity index (χ0n) is 11.5. The molecule has 3 rings (SSSR count). The Morgan fingerprint density at radius 1 is 1.29 bits per heavy atom. The van der Waals surface area contributed by atoms with Gasteiger partial charge in [0.15, 0.2) is 0 Å². The number of hydrogen-bond donors (Lipinski definition) is 1. The van der Waals surface area contributed by atoms with Crippen LogP contribution in [0, 0.1) is 23.7 Å². The van der Waals surface area contributed by atoms with Crippen molar-refractivity contribution in [1.29, 1.82) is 0 Å². The molecule has 5 heteroatoms. The molecule has 2 unspecified atom stereocenters. The predicted octanol–water partition coefficient (Wildman–Crippen LogP) is 0.380. The maximum absolute atomic E-state index is 11.8. The summed E-state index contributed by atoms with van der Waals surface area (Å²) in [6.07, 6.45) is 0.733. The van der Waals surface area contributed by atoms with E-state index < -0.39 is 0 Å². The molecule has 1 aliphatic heterocycles. The summed E-state index contributed by atoms with van der Waals surface area (Å²) in [5.74, 6) is 6.19. The summed E-state index contributed by atoms with van der Waals surface area (Å²) in [6, 6.07) is 7.35. The van der Waals surface area contributed by atoms with E-state index in [1.807, 2.05) is 24.3 Å². The highest BCUT2D eigenvalue weighted by atomic mass is 16.5. The summed E-state index contributed by atoms with van der Waals surface area (Å²) < 4.78 is 5.59. The quantitative estimate of drug-likeness (QED) is 0.641. The lowest BCUT2D eigenvalue weighted by molar-refractivity contribution is -0.141. The van der Waals surface area contributed by atoms with Crippen molar-refractivity contribution in [1.82, 2.24) is 4.90 Å². The minimum atomic E-state index is -0.0487. The fourth-order valence-corrected chi connectivity index (χ4v) is 2.54. The maximum Gasteiger partial charge on any atom is 0.233 e. The van der Waals surface area contributed by atoms with Crippen LogP contribution in [0.25, 0.3) is 0 Å². The van der Waals surface area contributed by atoms with Crippen molar-refractivity contribution in [3.8, 4) is 17.6 Å². The number of ether oxygens (including phenoxy) is 1. The minimum Gasteiger partial charge on any atom is -0.492 e. The highest BCUT2D eigenvalue weighted by Gasteiger charge is 2.58. The van der Waals surface area contributed by atoms with Gasteiger partial charge in [0.2, 0.25) is 11.8 Å². The minimum absolute atomic E-state index is 0.0452. The van der Waals surface area contributed by atoms with Gasteiger partial charge in [0.05, 0.1) is 24.9 Å². The van der Waals surface area contributed by atoms with Crippen LogP contribution in [0.3, 0.4) is 0 Å². The monoisotopic (exact) mass is 284 g/mol. The molecule has 2 aliphatic rings. The second-order valence-electron chi connectivity index (χ2n) is 5.16. The number of nitrogens with zero attached hydrogens (tertiary/aromatic N) is 1. The topological polar surface area (TPSA) is 72.6 Å². The maximum atomic E-state index is 11.8. The van der Waals surface area contributed by atoms with E-state index in [1.54, 1.807) is 0 Å². The van der Waals surface area contributed by atoms with Gasteiger partial charge in [0, 0.05) is 5.56 Å². The van der Waals surface area contributed by atoms with Gasteiger partial charge in [-0.3, -0.25) is 14.5 Å². The number of fused-ring (bicyclic) bond motifs is 1. The number of nitrogens with two attached hydrogens (primary N) is 1. The molecule has 0 spiro atoms. The summed E-state index contributed by atoms with van der Waals surface area (Å²) >= 11 is 0. The number of benzene rings is 1. The first-order valence-electron chi connectivity index (χ1n) is 6.97. The van der Waals surface area contributed by atoms with Crippen LogP contribution in [0.15, 0.2) is 24.3 Å². The van der Waals surface area contributed by atoms with E-state index in [-0.39, 0.29) is 23.7 Å². The molecule has 0 radical (unpaired) electrons. The molecule has 1 aromatic rings. The van der Waals surface area contributed by atoms with E-state index >= 15 is 0 Å². The number of imide groups is 1. The van der Waals surface area contributed by atoms with Crippen LogP contribution in [0.1, 0.15) is 12.0 Å². The van der Waals surface area contributed by atoms with Crippen molar-refractivity contribution < 1.29 is 14.3 Å². The molecule has 108 valence electrons. The number of piperidine rings is 1. The molecule has 21 heavy (non-hydrogen) atoms. The Kier molecular flexibility index (Phi) is 3.63. The molecular weight excluding hydrogens is 268 g/mol. The van der Waals surface area contributed by atoms with Crippen molar-refractivity contribution in [3.63, 3.8) is 0 Å². The summed E-state index contributed by atoms with van der Waals surface area (Å²) in [7, 11) is 0. The van der Waals surface area contributed by atoms with Crippen molar-refractivity contribution >= 4 is 11.8 Å². The first-order valence-corrected chi connectivity index (χ1v) is 6.97. The molecule has 2 atom stereocenters. The third-order valence-corrected chi connectivity index (χ3v) is 3.71. The third kappa shape index (κ3) is 2.76. The Bertz CT molecular complexity index is 624. The molecule has 5 nitrogen and oxygen atoms in total. The fraction of sp³-hybridized carbons (Fsp3) is 0.375. The van der Waals surface area contributed by atoms with Crippen LogP contribution in [-0.2, 0) is 9.59 Å². The van der Waals surface area contributed by atoms with Crippen LogP contribution < -0.4 is 10.5 Å². The van der Waals surface area contributed by atoms with Crippen LogP contribution in [0.4, 0.5) is 0 Å². The van der Waals surface area contributed by atoms with Gasteiger partial charge in [0.25, 0.3) is 0 Å². The fourth-order valence-electron chi connectivity index (χ4n) is 2.54. The summed E-state index contributed by atoms with van der Waals surface area (Å²) in [4.78, 5) is 24.9. The highest BCUT2D eigenvalue weighted by molar-refractivity contribution is 6.08. The lowest BCUT2D eigenvalue weighted by Crippen LogP contribution is -2.36. The SMILES string of the molecule is NCC#Cc1cccc(OCCN2C(=O)C3CC3C2=O)c1. The molecular formula is C16H16N2O3. The zero-order chi connectivity index (χ0) is 14.8. The van der Waals surface area contributed by atoms with Crippen LogP contribution in [0.5, 0.6) is 5.75 Å². The largest absolute Gasteiger partial charge is 0.492 e. The molecule has 0 bridgehead atoms. The predicted molar refractivity (Wildman–Crippen MR) is 76.2 cm³/mol. The van der Waals surface area contributed by atoms with E-state index in [1.165, 1.54) is 4.90 Å². The van der Waals surface area contributed by atoms with Gasteiger partial charge in [-0.25, -0.2) is 0 Å². The van der Waals surface area contributed by atoms with E-state index in [0.717, 1.165) is 12.0 Å². The molecule has 1 heterocycles. The van der Waals surface area contributed by atoms with Gasteiger partial charge in [-0.15, -0.1) is 0 Å². The lowest BCUT2D eigenvalue weighted by Gasteiger charge is -2.16. The normalized spacial score (nSPS) is 22.6. The number of amides is 2. The van der Waals surface area contributed by atoms with E-state index in [9.17, 15) is 9.59 Å². The molecule has 1 aliphatic carbocycles. The number of carbonyl (C=O) groups is 2. The Balaban J connectivity index is 1.54. The molecule has 2 fully saturated rings. The molecule has 1 saturated carbocycles. The second-order valence-corrected chi connectivity index (χ2v) is 5.16. The smallest absolute Gasteiger partial charge is 0.233 e. The highest BCUT2D eigenvalue weighted by Crippen LogP contribution is 2.46. The van der Waals surface area contributed by atoms with Gasteiger partial charge in [0.1, 0.15) is 12.4 Å². The molecule has 2 amide bonds. The molecule has 1 aromatic carbocycles. The van der Waals surface area contributed by atoms with Crippen LogP contribution in [-0.4, -0.2) is 36.4 Å². The summed E-state index contributed by atoms with van der Waals surface area (Å²) in [5, 5.41) is 0. The Hall–Kier alpha value is -2.32. The van der Waals surface area contributed by atoms with Gasteiger partial charge >= 0.3 is 0 Å². The lowest BCUT2D eigenvalue weighted by atomic mass is 10.2. The Morgan fingerprint density at radius 3 is 2.76 bits per heavy atom. The first-order chi connectivity index (χ1) is 10.2.